The summed E-state index contributed by atoms with van der Waals surface area (Å²) in [5.41, 5.74) is 2.56. The fraction of sp³-hybridized carbons (Fsp3) is 0.875. The van der Waals surface area contributed by atoms with Crippen molar-refractivity contribution in [1.29, 1.82) is 0 Å². The van der Waals surface area contributed by atoms with E-state index in [-0.39, 0.29) is 0 Å². The first-order chi connectivity index (χ1) is 4.70. The topological polar surface area (TPSA) is 12.0 Å². The van der Waals surface area contributed by atoms with E-state index < -0.39 is 0 Å². The first-order valence-electron chi connectivity index (χ1n) is 3.83. The third-order valence-corrected chi connectivity index (χ3v) is 1.63. The normalized spacial score (nSPS) is 13.2. The Kier molecular flexibility index (Phi) is 5.60. The van der Waals surface area contributed by atoms with Gasteiger partial charge in [-0.25, -0.2) is 0 Å². The Labute approximate surface area is 69.2 Å². The molecule has 1 unspecified atom stereocenters. The summed E-state index contributed by atoms with van der Waals surface area (Å²) in [6.07, 6.45) is 2.31. The van der Waals surface area contributed by atoms with Crippen LogP contribution in [-0.2, 0) is 0 Å². The Bertz CT molecular complexity index is 91.3. The molecular weight excluding hydrogens is 142 g/mol. The van der Waals surface area contributed by atoms with Crippen LogP contribution in [0.3, 0.4) is 0 Å². The Morgan fingerprint density at radius 3 is 2.40 bits per heavy atom. The Balaban J connectivity index is 3.48. The highest BCUT2D eigenvalue weighted by Gasteiger charge is 2.05. The number of hydrogen-bond donors (Lipinski definition) is 1. The van der Waals surface area contributed by atoms with Gasteiger partial charge in [-0.2, -0.15) is 0 Å². The van der Waals surface area contributed by atoms with Gasteiger partial charge in [0, 0.05) is 6.04 Å². The average molecular weight is 158 g/mol. The second kappa shape index (κ2) is 5.66. The van der Waals surface area contributed by atoms with Gasteiger partial charge in [0.1, 0.15) is 5.49 Å². The highest BCUT2D eigenvalue weighted by Crippen LogP contribution is 2.06. The van der Waals surface area contributed by atoms with Crippen molar-refractivity contribution in [3.63, 3.8) is 0 Å². The first kappa shape index (κ1) is 9.89. The maximum Gasteiger partial charge on any atom is 0.134 e. The number of thiocarbonyl (C=S) groups is 1. The van der Waals surface area contributed by atoms with Gasteiger partial charge in [0.2, 0.25) is 0 Å². The molecule has 0 aromatic carbocycles. The monoisotopic (exact) mass is 158 g/mol. The highest BCUT2D eigenvalue weighted by atomic mass is 32.1. The molecule has 0 spiro atoms. The van der Waals surface area contributed by atoms with Crippen LogP contribution in [0.2, 0.25) is 0 Å². The molecule has 0 aliphatic carbocycles. The fourth-order valence-electron chi connectivity index (χ4n) is 0.980. The quantitative estimate of drug-likeness (QED) is 0.486. The molecule has 59 valence electrons. The van der Waals surface area contributed by atoms with Crippen molar-refractivity contribution in [2.75, 3.05) is 0 Å². The molecular formula is C8H16NS. The molecule has 0 heterocycles. The van der Waals surface area contributed by atoms with E-state index in [9.17, 15) is 0 Å². The zero-order valence-corrected chi connectivity index (χ0v) is 7.79. The lowest BCUT2D eigenvalue weighted by Crippen LogP contribution is -2.27. The van der Waals surface area contributed by atoms with Gasteiger partial charge in [-0.3, -0.25) is 0 Å². The lowest BCUT2D eigenvalue weighted by molar-refractivity contribution is 0.459. The molecule has 0 bridgehead atoms. The standard InChI is InChI=1S/C8H16NS/c1-4-8(9-6-10)5-7(2)3/h7-8H,4-5H2,1-3H3,(H,9,10). The van der Waals surface area contributed by atoms with Crippen LogP contribution in [-0.4, -0.2) is 11.5 Å². The summed E-state index contributed by atoms with van der Waals surface area (Å²) in [7, 11) is 0. The summed E-state index contributed by atoms with van der Waals surface area (Å²) in [6, 6.07) is 0.525. The van der Waals surface area contributed by atoms with Gasteiger partial charge in [-0.1, -0.05) is 33.0 Å². The maximum absolute atomic E-state index is 4.59. The summed E-state index contributed by atoms with van der Waals surface area (Å²) in [4.78, 5) is 0. The predicted octanol–water partition coefficient (Wildman–Crippen LogP) is 2.23. The van der Waals surface area contributed by atoms with Crippen LogP contribution in [0.1, 0.15) is 33.6 Å². The summed E-state index contributed by atoms with van der Waals surface area (Å²) < 4.78 is 0. The smallest absolute Gasteiger partial charge is 0.134 e. The predicted molar refractivity (Wildman–Crippen MR) is 49.3 cm³/mol. The van der Waals surface area contributed by atoms with Crippen molar-refractivity contribution in [3.8, 4) is 0 Å². The van der Waals surface area contributed by atoms with Crippen molar-refractivity contribution >= 4 is 17.7 Å². The van der Waals surface area contributed by atoms with Gasteiger partial charge in [-0.05, 0) is 18.8 Å². The van der Waals surface area contributed by atoms with E-state index in [1.54, 1.807) is 0 Å². The molecule has 0 rings (SSSR count). The number of hydrogen-bond acceptors (Lipinski definition) is 1. The van der Waals surface area contributed by atoms with Crippen molar-refractivity contribution in [1.82, 2.24) is 5.32 Å². The minimum absolute atomic E-state index is 0.525. The molecule has 0 aromatic rings. The molecule has 0 saturated heterocycles. The molecule has 0 aliphatic rings. The second-order valence-electron chi connectivity index (χ2n) is 2.98. The second-order valence-corrected chi connectivity index (χ2v) is 3.19. The number of nitrogens with one attached hydrogen (secondary N) is 1. The minimum atomic E-state index is 0.525. The third kappa shape index (κ3) is 4.74. The van der Waals surface area contributed by atoms with Crippen LogP contribution in [0.25, 0.3) is 0 Å². The minimum Gasteiger partial charge on any atom is -0.371 e. The van der Waals surface area contributed by atoms with Gasteiger partial charge in [0.05, 0.1) is 0 Å². The molecule has 0 amide bonds. The first-order valence-corrected chi connectivity index (χ1v) is 4.24. The van der Waals surface area contributed by atoms with E-state index in [2.05, 4.69) is 43.8 Å². The number of rotatable bonds is 5. The molecule has 1 atom stereocenters. The average Bonchev–Trinajstić information content (AvgIpc) is 1.86. The lowest BCUT2D eigenvalue weighted by atomic mass is 10.0. The lowest BCUT2D eigenvalue weighted by Gasteiger charge is -2.15. The van der Waals surface area contributed by atoms with Crippen molar-refractivity contribution in [2.45, 2.75) is 39.7 Å². The van der Waals surface area contributed by atoms with Crippen molar-refractivity contribution in [3.05, 3.63) is 0 Å². The van der Waals surface area contributed by atoms with Gasteiger partial charge < -0.3 is 5.32 Å². The molecule has 1 nitrogen and oxygen atoms in total. The van der Waals surface area contributed by atoms with E-state index in [1.807, 2.05) is 0 Å². The zero-order valence-electron chi connectivity index (χ0n) is 6.98. The van der Waals surface area contributed by atoms with E-state index in [0.717, 1.165) is 12.3 Å². The van der Waals surface area contributed by atoms with Crippen LogP contribution in [0.15, 0.2) is 0 Å². The molecule has 0 saturated carbocycles. The summed E-state index contributed by atoms with van der Waals surface area (Å²) in [6.45, 7) is 6.59. The van der Waals surface area contributed by atoms with Gasteiger partial charge in [0.25, 0.3) is 0 Å². The fourth-order valence-corrected chi connectivity index (χ4v) is 1.15. The van der Waals surface area contributed by atoms with Gasteiger partial charge >= 0.3 is 0 Å². The highest BCUT2D eigenvalue weighted by molar-refractivity contribution is 7.78. The molecule has 10 heavy (non-hydrogen) atoms. The van der Waals surface area contributed by atoms with Crippen LogP contribution >= 0.6 is 12.2 Å². The Hall–Kier alpha value is -0.110. The van der Waals surface area contributed by atoms with Crippen LogP contribution in [0, 0.1) is 5.92 Å². The molecule has 0 fully saturated rings. The van der Waals surface area contributed by atoms with Crippen molar-refractivity contribution < 1.29 is 0 Å². The van der Waals surface area contributed by atoms with Crippen LogP contribution < -0.4 is 5.32 Å². The summed E-state index contributed by atoms with van der Waals surface area (Å²) >= 11 is 4.59. The van der Waals surface area contributed by atoms with Crippen molar-refractivity contribution in [2.24, 2.45) is 5.92 Å². The zero-order chi connectivity index (χ0) is 7.98. The molecule has 1 radical (unpaired) electrons. The molecule has 2 heteroatoms. The van der Waals surface area contributed by atoms with Crippen LogP contribution in [0.5, 0.6) is 0 Å². The Morgan fingerprint density at radius 2 is 2.10 bits per heavy atom. The third-order valence-electron chi connectivity index (χ3n) is 1.51. The summed E-state index contributed by atoms with van der Waals surface area (Å²) in [5, 5.41) is 3.03. The molecule has 0 aliphatic heterocycles. The van der Waals surface area contributed by atoms with Gasteiger partial charge in [-0.15, -0.1) is 0 Å². The van der Waals surface area contributed by atoms with E-state index >= 15 is 0 Å². The summed E-state index contributed by atoms with van der Waals surface area (Å²) in [5.74, 6) is 0.737. The van der Waals surface area contributed by atoms with E-state index in [1.165, 1.54) is 6.42 Å². The van der Waals surface area contributed by atoms with Gasteiger partial charge in [0.15, 0.2) is 0 Å². The largest absolute Gasteiger partial charge is 0.371 e. The van der Waals surface area contributed by atoms with Crippen LogP contribution in [0.4, 0.5) is 0 Å². The Morgan fingerprint density at radius 1 is 1.50 bits per heavy atom. The van der Waals surface area contributed by atoms with E-state index in [4.69, 9.17) is 0 Å². The molecule has 0 aromatic heterocycles. The van der Waals surface area contributed by atoms with E-state index in [0.29, 0.717) is 6.04 Å². The molecule has 1 N–H and O–H groups in total. The maximum atomic E-state index is 4.59. The SMILES string of the molecule is CCC(CC(C)C)N[C]=S.